The van der Waals surface area contributed by atoms with Crippen LogP contribution in [-0.4, -0.2) is 18.9 Å². The lowest BCUT2D eigenvalue weighted by Crippen LogP contribution is -2.47. The van der Waals surface area contributed by atoms with Gasteiger partial charge in [-0.1, -0.05) is 56.1 Å². The summed E-state index contributed by atoms with van der Waals surface area (Å²) in [7, 11) is -2.49. The number of hydrogen-bond donors (Lipinski definition) is 0. The van der Waals surface area contributed by atoms with Gasteiger partial charge in [0.25, 0.3) is 0 Å². The predicted molar refractivity (Wildman–Crippen MR) is 87.1 cm³/mol. The van der Waals surface area contributed by atoms with Gasteiger partial charge in [0.05, 0.1) is 0 Å². The van der Waals surface area contributed by atoms with E-state index in [0.717, 1.165) is 31.3 Å². The Morgan fingerprint density at radius 3 is 2.75 bits per heavy atom. The summed E-state index contributed by atoms with van der Waals surface area (Å²) in [6.45, 7) is 7.38. The number of rotatable bonds is 8. The lowest BCUT2D eigenvalue weighted by Gasteiger charge is -2.21. The third kappa shape index (κ3) is 4.56. The van der Waals surface area contributed by atoms with Gasteiger partial charge in [-0.3, -0.25) is 4.79 Å². The fraction of sp³-hybridized carbons (Fsp3) is 0.412. The van der Waals surface area contributed by atoms with E-state index in [1.807, 2.05) is 37.4 Å². The Morgan fingerprint density at radius 2 is 2.15 bits per heavy atom. The molecule has 0 bridgehead atoms. The van der Waals surface area contributed by atoms with Gasteiger partial charge in [0, 0.05) is 6.42 Å². The van der Waals surface area contributed by atoms with Crippen molar-refractivity contribution in [1.29, 1.82) is 0 Å². The van der Waals surface area contributed by atoms with E-state index < -0.39 is 8.07 Å². The van der Waals surface area contributed by atoms with Crippen LogP contribution in [0.4, 0.5) is 0 Å². The first kappa shape index (κ1) is 16.6. The van der Waals surface area contributed by atoms with Crippen LogP contribution < -0.4 is 0 Å². The summed E-state index contributed by atoms with van der Waals surface area (Å²) in [4.78, 5) is 24.8. The second-order valence-electron chi connectivity index (χ2n) is 5.59. The molecular formula is C17H24O2Si. The molecule has 1 rings (SSSR count). The highest BCUT2D eigenvalue weighted by Crippen LogP contribution is 2.21. The molecule has 0 N–H and O–H groups in total. The van der Waals surface area contributed by atoms with Crippen LogP contribution in [-0.2, 0) is 9.59 Å². The summed E-state index contributed by atoms with van der Waals surface area (Å²) in [6.07, 6.45) is 15.3. The lowest BCUT2D eigenvalue weighted by atomic mass is 10.1. The first-order valence-corrected chi connectivity index (χ1v) is 10.2. The predicted octanol–water partition coefficient (Wildman–Crippen LogP) is 4.10. The van der Waals surface area contributed by atoms with Crippen molar-refractivity contribution in [2.24, 2.45) is 0 Å². The van der Waals surface area contributed by atoms with Gasteiger partial charge in [-0.15, -0.1) is 0 Å². The highest BCUT2D eigenvalue weighted by atomic mass is 28.3. The molecule has 0 aliphatic heterocycles. The van der Waals surface area contributed by atoms with Crippen molar-refractivity contribution < 1.29 is 9.59 Å². The molecule has 0 aromatic carbocycles. The minimum Gasteiger partial charge on any atom is -0.305 e. The van der Waals surface area contributed by atoms with E-state index in [-0.39, 0.29) is 10.8 Å². The molecule has 1 aliphatic rings. The van der Waals surface area contributed by atoms with Gasteiger partial charge in [0.1, 0.15) is 10.8 Å². The van der Waals surface area contributed by atoms with Crippen molar-refractivity contribution >= 4 is 18.9 Å². The number of allylic oxidation sites excluding steroid dienone is 7. The first-order valence-electron chi connectivity index (χ1n) is 7.21. The molecule has 0 atom stereocenters. The molecule has 0 radical (unpaired) electrons. The summed E-state index contributed by atoms with van der Waals surface area (Å²) in [5.41, 5.74) is 0.837. The van der Waals surface area contributed by atoms with Gasteiger partial charge in [-0.2, -0.15) is 0 Å². The molecule has 0 spiro atoms. The quantitative estimate of drug-likeness (QED) is 0.383. The zero-order valence-corrected chi connectivity index (χ0v) is 13.5. The summed E-state index contributed by atoms with van der Waals surface area (Å²) < 4.78 is 0. The Balaban J connectivity index is 2.57. The molecular weight excluding hydrogens is 264 g/mol. The largest absolute Gasteiger partial charge is 0.305 e. The van der Waals surface area contributed by atoms with Gasteiger partial charge in [-0.25, -0.2) is 0 Å². The number of carbonyl (C=O) groups is 2. The SMILES string of the molecule is C=C/C=C\CCCC(=O)[Si](C)(C)C(=O)C1=CC=CCC1. The molecule has 0 amide bonds. The Hall–Kier alpha value is -1.48. The van der Waals surface area contributed by atoms with Crippen molar-refractivity contribution in [1.82, 2.24) is 0 Å². The summed E-state index contributed by atoms with van der Waals surface area (Å²) in [6, 6.07) is 0. The van der Waals surface area contributed by atoms with Gasteiger partial charge in [0.15, 0.2) is 0 Å². The highest BCUT2D eigenvalue weighted by Gasteiger charge is 2.39. The third-order valence-corrected chi connectivity index (χ3v) is 6.72. The summed E-state index contributed by atoms with van der Waals surface area (Å²) in [5, 5.41) is 0.290. The zero-order valence-electron chi connectivity index (χ0n) is 12.5. The van der Waals surface area contributed by atoms with E-state index >= 15 is 0 Å². The topological polar surface area (TPSA) is 34.1 Å². The van der Waals surface area contributed by atoms with E-state index in [1.54, 1.807) is 6.08 Å². The molecule has 0 saturated heterocycles. The molecule has 0 heterocycles. The molecule has 0 aromatic rings. The van der Waals surface area contributed by atoms with Crippen LogP contribution in [0.2, 0.25) is 13.1 Å². The number of hydrogen-bond acceptors (Lipinski definition) is 2. The van der Waals surface area contributed by atoms with Crippen LogP contribution in [0, 0.1) is 0 Å². The summed E-state index contributed by atoms with van der Waals surface area (Å²) in [5.74, 6) is 0. The van der Waals surface area contributed by atoms with Crippen molar-refractivity contribution in [2.75, 3.05) is 0 Å². The second-order valence-corrected chi connectivity index (χ2v) is 9.85. The zero-order chi connectivity index (χ0) is 15.0. The normalized spacial score (nSPS) is 15.2. The highest BCUT2D eigenvalue weighted by molar-refractivity contribution is 7.24. The van der Waals surface area contributed by atoms with Crippen molar-refractivity contribution in [3.05, 3.63) is 48.6 Å². The van der Waals surface area contributed by atoms with Crippen molar-refractivity contribution in [2.45, 2.75) is 45.2 Å². The minimum atomic E-state index is -2.49. The molecule has 3 heteroatoms. The Kier molecular flexibility index (Phi) is 6.59. The Labute approximate surface area is 123 Å². The standard InChI is InChI=1S/C17H24O2Si/c1-4-5-6-7-11-14-16(18)20(2,3)17(19)15-12-9-8-10-13-15/h4-6,8-9,12H,1,7,10-11,13-14H2,2-3H3/b6-5-. The molecule has 0 saturated carbocycles. The van der Waals surface area contributed by atoms with Crippen LogP contribution in [0.15, 0.2) is 48.6 Å². The number of carbonyl (C=O) groups excluding carboxylic acids is 2. The third-order valence-electron chi connectivity index (χ3n) is 3.62. The van der Waals surface area contributed by atoms with Crippen molar-refractivity contribution in [3.63, 3.8) is 0 Å². The van der Waals surface area contributed by atoms with E-state index in [1.165, 1.54) is 0 Å². The maximum atomic E-state index is 12.5. The van der Waals surface area contributed by atoms with Gasteiger partial charge < -0.3 is 4.79 Å². The second kappa shape index (κ2) is 7.95. The number of unbranched alkanes of at least 4 members (excludes halogenated alkanes) is 1. The fourth-order valence-corrected chi connectivity index (χ4v) is 4.27. The minimum absolute atomic E-state index is 0.119. The molecule has 2 nitrogen and oxygen atoms in total. The average molecular weight is 288 g/mol. The Bertz CT molecular complexity index is 467. The van der Waals surface area contributed by atoms with Crippen LogP contribution >= 0.6 is 0 Å². The Morgan fingerprint density at radius 1 is 1.40 bits per heavy atom. The lowest BCUT2D eigenvalue weighted by molar-refractivity contribution is -0.115. The summed E-state index contributed by atoms with van der Waals surface area (Å²) >= 11 is 0. The maximum absolute atomic E-state index is 12.5. The molecule has 0 fully saturated rings. The smallest absolute Gasteiger partial charge is 0.208 e. The van der Waals surface area contributed by atoms with E-state index in [0.29, 0.717) is 6.42 Å². The molecule has 0 aromatic heterocycles. The molecule has 1 aliphatic carbocycles. The van der Waals surface area contributed by atoms with E-state index in [9.17, 15) is 9.59 Å². The van der Waals surface area contributed by atoms with Crippen LogP contribution in [0.3, 0.4) is 0 Å². The van der Waals surface area contributed by atoms with E-state index in [4.69, 9.17) is 0 Å². The molecule has 20 heavy (non-hydrogen) atoms. The monoisotopic (exact) mass is 288 g/mol. The van der Waals surface area contributed by atoms with Gasteiger partial charge >= 0.3 is 0 Å². The van der Waals surface area contributed by atoms with Crippen LogP contribution in [0.1, 0.15) is 32.1 Å². The van der Waals surface area contributed by atoms with E-state index in [2.05, 4.69) is 12.7 Å². The van der Waals surface area contributed by atoms with Crippen LogP contribution in [0.5, 0.6) is 0 Å². The van der Waals surface area contributed by atoms with Gasteiger partial charge in [0.2, 0.25) is 8.07 Å². The van der Waals surface area contributed by atoms with Crippen molar-refractivity contribution in [3.8, 4) is 0 Å². The first-order chi connectivity index (χ1) is 9.50. The maximum Gasteiger partial charge on any atom is 0.208 e. The van der Waals surface area contributed by atoms with Gasteiger partial charge in [-0.05, 0) is 31.3 Å². The molecule has 0 unspecified atom stereocenters. The van der Waals surface area contributed by atoms with Crippen LogP contribution in [0.25, 0.3) is 0 Å². The fourth-order valence-electron chi connectivity index (χ4n) is 2.21. The average Bonchev–Trinajstić information content (AvgIpc) is 2.46. The molecule has 108 valence electrons.